The van der Waals surface area contributed by atoms with Crippen LogP contribution in [0.15, 0.2) is 64.9 Å². The largest absolute Gasteiger partial charge is 0.456 e. The van der Waals surface area contributed by atoms with Gasteiger partial charge in [0, 0.05) is 16.0 Å². The maximum Gasteiger partial charge on any atom is 0.267 e. The zero-order valence-corrected chi connectivity index (χ0v) is 17.4. The summed E-state index contributed by atoms with van der Waals surface area (Å²) in [7, 11) is 0. The SMILES string of the molecule is Cc1cccc2c1Oc1ccccc1C2N1C(=O)/C(=C/c2cccs2)SC1=S. The van der Waals surface area contributed by atoms with E-state index in [1.165, 1.54) is 11.8 Å². The molecule has 1 saturated heterocycles. The van der Waals surface area contributed by atoms with Gasteiger partial charge in [0.2, 0.25) is 0 Å². The number of para-hydroxylation sites is 2. The van der Waals surface area contributed by atoms with Crippen LogP contribution in [-0.4, -0.2) is 15.1 Å². The summed E-state index contributed by atoms with van der Waals surface area (Å²) in [6, 6.07) is 17.6. The van der Waals surface area contributed by atoms with Crippen LogP contribution in [0.2, 0.25) is 0 Å². The van der Waals surface area contributed by atoms with Gasteiger partial charge in [-0.3, -0.25) is 9.69 Å². The summed E-state index contributed by atoms with van der Waals surface area (Å²) >= 11 is 8.62. The van der Waals surface area contributed by atoms with E-state index in [0.717, 1.165) is 33.1 Å². The normalized spacial score (nSPS) is 19.5. The molecule has 0 N–H and O–H groups in total. The summed E-state index contributed by atoms with van der Waals surface area (Å²) in [6.07, 6.45) is 1.92. The summed E-state index contributed by atoms with van der Waals surface area (Å²) < 4.78 is 6.75. The fourth-order valence-electron chi connectivity index (χ4n) is 3.59. The first-order valence-electron chi connectivity index (χ1n) is 8.80. The number of aryl methyl sites for hydroxylation is 1. The number of thiocarbonyl (C=S) groups is 1. The predicted molar refractivity (Wildman–Crippen MR) is 119 cm³/mol. The molecule has 6 heteroatoms. The van der Waals surface area contributed by atoms with Gasteiger partial charge in [-0.15, -0.1) is 11.3 Å². The molecular formula is C22H15NO2S3. The molecule has 1 fully saturated rings. The van der Waals surface area contributed by atoms with Gasteiger partial charge >= 0.3 is 0 Å². The van der Waals surface area contributed by atoms with E-state index in [1.807, 2.05) is 73.0 Å². The van der Waals surface area contributed by atoms with E-state index in [-0.39, 0.29) is 11.9 Å². The van der Waals surface area contributed by atoms with Gasteiger partial charge in [-0.05, 0) is 36.1 Å². The minimum atomic E-state index is -0.290. The lowest BCUT2D eigenvalue weighted by molar-refractivity contribution is -0.123. The lowest BCUT2D eigenvalue weighted by Gasteiger charge is -2.34. The molecule has 2 aliphatic rings. The van der Waals surface area contributed by atoms with Gasteiger partial charge in [0.1, 0.15) is 15.8 Å². The summed E-state index contributed by atoms with van der Waals surface area (Å²) in [4.78, 5) is 16.8. The van der Waals surface area contributed by atoms with Crippen molar-refractivity contribution in [2.24, 2.45) is 0 Å². The lowest BCUT2D eigenvalue weighted by Crippen LogP contribution is -2.35. The van der Waals surface area contributed by atoms with E-state index >= 15 is 0 Å². The van der Waals surface area contributed by atoms with Crippen LogP contribution in [0.1, 0.15) is 27.6 Å². The number of thioether (sulfide) groups is 1. The Morgan fingerprint density at radius 1 is 1.07 bits per heavy atom. The number of thiophene rings is 1. The molecular weight excluding hydrogens is 406 g/mol. The van der Waals surface area contributed by atoms with E-state index in [9.17, 15) is 4.79 Å². The number of hydrogen-bond donors (Lipinski definition) is 0. The van der Waals surface area contributed by atoms with Crippen molar-refractivity contribution in [3.8, 4) is 11.5 Å². The maximum absolute atomic E-state index is 13.4. The molecule has 0 bridgehead atoms. The van der Waals surface area contributed by atoms with Crippen LogP contribution in [0.5, 0.6) is 11.5 Å². The highest BCUT2D eigenvalue weighted by molar-refractivity contribution is 8.26. The Bertz CT molecular complexity index is 1130. The van der Waals surface area contributed by atoms with Crippen molar-refractivity contribution in [3.63, 3.8) is 0 Å². The molecule has 3 heterocycles. The van der Waals surface area contributed by atoms with E-state index in [0.29, 0.717) is 9.23 Å². The monoisotopic (exact) mass is 421 g/mol. The van der Waals surface area contributed by atoms with Crippen LogP contribution >= 0.6 is 35.3 Å². The second-order valence-corrected chi connectivity index (χ2v) is 9.26. The molecule has 138 valence electrons. The van der Waals surface area contributed by atoms with Crippen molar-refractivity contribution in [1.29, 1.82) is 0 Å². The molecule has 1 unspecified atom stereocenters. The number of rotatable bonds is 2. The molecule has 3 aromatic rings. The van der Waals surface area contributed by atoms with Gasteiger partial charge in [0.25, 0.3) is 5.91 Å². The Labute approximate surface area is 176 Å². The average Bonchev–Trinajstić information content (AvgIpc) is 3.30. The molecule has 0 aliphatic carbocycles. The molecule has 1 atom stereocenters. The Morgan fingerprint density at radius 3 is 2.71 bits per heavy atom. The van der Waals surface area contributed by atoms with Crippen LogP contribution in [0.3, 0.4) is 0 Å². The van der Waals surface area contributed by atoms with Crippen molar-refractivity contribution in [3.05, 3.63) is 86.5 Å². The third kappa shape index (κ3) is 2.80. The van der Waals surface area contributed by atoms with Gasteiger partial charge in [-0.2, -0.15) is 0 Å². The molecule has 1 amide bonds. The fraction of sp³-hybridized carbons (Fsp3) is 0.0909. The van der Waals surface area contributed by atoms with Crippen LogP contribution in [0.4, 0.5) is 0 Å². The zero-order chi connectivity index (χ0) is 19.3. The van der Waals surface area contributed by atoms with Gasteiger partial charge in [-0.1, -0.05) is 66.4 Å². The first-order chi connectivity index (χ1) is 13.6. The zero-order valence-electron chi connectivity index (χ0n) is 14.9. The highest BCUT2D eigenvalue weighted by Gasteiger charge is 2.42. The molecule has 28 heavy (non-hydrogen) atoms. The number of fused-ring (bicyclic) bond motifs is 2. The van der Waals surface area contributed by atoms with E-state index in [2.05, 4.69) is 0 Å². The van der Waals surface area contributed by atoms with Crippen molar-refractivity contribution >= 4 is 51.6 Å². The van der Waals surface area contributed by atoms with E-state index < -0.39 is 0 Å². The first-order valence-corrected chi connectivity index (χ1v) is 10.9. The smallest absolute Gasteiger partial charge is 0.267 e. The summed E-state index contributed by atoms with van der Waals surface area (Å²) in [5.41, 5.74) is 2.96. The van der Waals surface area contributed by atoms with E-state index in [4.69, 9.17) is 17.0 Å². The minimum Gasteiger partial charge on any atom is -0.456 e. The summed E-state index contributed by atoms with van der Waals surface area (Å²) in [5.74, 6) is 1.52. The maximum atomic E-state index is 13.4. The number of benzene rings is 2. The van der Waals surface area contributed by atoms with Crippen molar-refractivity contribution in [1.82, 2.24) is 4.90 Å². The number of hydrogen-bond acceptors (Lipinski definition) is 5. The molecule has 3 nitrogen and oxygen atoms in total. The third-order valence-electron chi connectivity index (χ3n) is 4.86. The second-order valence-electron chi connectivity index (χ2n) is 6.60. The fourth-order valence-corrected chi connectivity index (χ4v) is 5.63. The van der Waals surface area contributed by atoms with Crippen molar-refractivity contribution in [2.75, 3.05) is 0 Å². The molecule has 0 radical (unpaired) electrons. The molecule has 2 aromatic carbocycles. The topological polar surface area (TPSA) is 29.5 Å². The second kappa shape index (κ2) is 6.88. The number of carbonyl (C=O) groups excluding carboxylic acids is 1. The van der Waals surface area contributed by atoms with Gasteiger partial charge in [-0.25, -0.2) is 0 Å². The van der Waals surface area contributed by atoms with Crippen LogP contribution in [-0.2, 0) is 4.79 Å². The molecule has 5 rings (SSSR count). The average molecular weight is 422 g/mol. The first kappa shape index (κ1) is 17.7. The van der Waals surface area contributed by atoms with Gasteiger partial charge in [0.05, 0.1) is 10.9 Å². The van der Waals surface area contributed by atoms with Crippen molar-refractivity contribution in [2.45, 2.75) is 13.0 Å². The van der Waals surface area contributed by atoms with E-state index in [1.54, 1.807) is 16.2 Å². The summed E-state index contributed by atoms with van der Waals surface area (Å²) in [5, 5.41) is 2.00. The predicted octanol–water partition coefficient (Wildman–Crippen LogP) is 6.15. The standard InChI is InChI=1S/C22H15NO2S3/c1-13-6-4-9-16-19(15-8-2-3-10-17(15)25-20(13)16)23-21(24)18(28-22(23)26)12-14-7-5-11-27-14/h2-12,19H,1H3/b18-12-. The number of amides is 1. The molecule has 0 spiro atoms. The summed E-state index contributed by atoms with van der Waals surface area (Å²) in [6.45, 7) is 2.02. The van der Waals surface area contributed by atoms with Gasteiger partial charge in [0.15, 0.2) is 0 Å². The van der Waals surface area contributed by atoms with Crippen molar-refractivity contribution < 1.29 is 9.53 Å². The highest BCUT2D eigenvalue weighted by atomic mass is 32.2. The quantitative estimate of drug-likeness (QED) is 0.366. The minimum absolute atomic E-state index is 0.0578. The third-order valence-corrected chi connectivity index (χ3v) is 7.01. The molecule has 0 saturated carbocycles. The van der Waals surface area contributed by atoms with Gasteiger partial charge < -0.3 is 4.74 Å². The van der Waals surface area contributed by atoms with Crippen LogP contribution in [0, 0.1) is 6.92 Å². The van der Waals surface area contributed by atoms with Crippen LogP contribution in [0.25, 0.3) is 6.08 Å². The Kier molecular flexibility index (Phi) is 4.34. The molecule has 2 aliphatic heterocycles. The molecule has 1 aromatic heterocycles. The number of nitrogens with zero attached hydrogens (tertiary/aromatic N) is 1. The lowest BCUT2D eigenvalue weighted by atomic mass is 9.92. The Balaban J connectivity index is 1.64. The Morgan fingerprint density at radius 2 is 1.89 bits per heavy atom. The Hall–Kier alpha value is -2.41. The van der Waals surface area contributed by atoms with Crippen LogP contribution < -0.4 is 4.74 Å². The highest BCUT2D eigenvalue weighted by Crippen LogP contribution is 2.50. The number of ether oxygens (including phenoxy) is 1. The number of carbonyl (C=O) groups is 1.